The van der Waals surface area contributed by atoms with Gasteiger partial charge in [-0.25, -0.2) is 9.38 Å². The summed E-state index contributed by atoms with van der Waals surface area (Å²) in [5.74, 6) is 2.32. The Morgan fingerprint density at radius 3 is 2.90 bits per heavy atom. The fraction of sp³-hybridized carbons (Fsp3) is 0.348. The summed E-state index contributed by atoms with van der Waals surface area (Å²) in [6.07, 6.45) is 3.43. The first-order valence-corrected chi connectivity index (χ1v) is 10.6. The highest BCUT2D eigenvalue weighted by molar-refractivity contribution is 5.80. The molecule has 0 amide bonds. The van der Waals surface area contributed by atoms with E-state index in [9.17, 15) is 4.39 Å². The molecular weight excluding hydrogens is 395 g/mol. The number of hydrogen-bond donors (Lipinski definition) is 2. The van der Waals surface area contributed by atoms with Crippen molar-refractivity contribution in [2.45, 2.75) is 38.9 Å². The molecule has 0 bridgehead atoms. The first-order chi connectivity index (χ1) is 15.2. The molecule has 31 heavy (non-hydrogen) atoms. The number of nitrogens with one attached hydrogen (secondary N) is 2. The highest BCUT2D eigenvalue weighted by Crippen LogP contribution is 2.31. The van der Waals surface area contributed by atoms with Crippen LogP contribution in [0, 0.1) is 5.82 Å². The van der Waals surface area contributed by atoms with E-state index < -0.39 is 0 Å². The van der Waals surface area contributed by atoms with E-state index in [1.54, 1.807) is 18.5 Å². The lowest BCUT2D eigenvalue weighted by Gasteiger charge is -2.28. The van der Waals surface area contributed by atoms with Crippen LogP contribution in [-0.4, -0.2) is 33.9 Å². The minimum Gasteiger partial charge on any atom is -0.493 e. The standard InChI is InChI=1S/C23H27FN6O/c1-2-22-29-27-16-30(22)13-12-25-23(26-15-17-7-9-18(24)10-8-17)28-20-11-14-31-21-6-4-3-5-19(20)21/h3-10,16,20H,2,11-15H2,1H3,(H2,25,26,28). The summed E-state index contributed by atoms with van der Waals surface area (Å²) in [6, 6.07) is 14.6. The second kappa shape index (κ2) is 10.1. The number of halogens is 1. The lowest BCUT2D eigenvalue weighted by molar-refractivity contribution is 0.261. The van der Waals surface area contributed by atoms with Gasteiger partial charge in [-0.05, 0) is 23.8 Å². The molecular formula is C23H27FN6O. The molecule has 1 unspecified atom stereocenters. The number of hydrogen-bond acceptors (Lipinski definition) is 4. The topological polar surface area (TPSA) is 76.4 Å². The SMILES string of the molecule is CCc1nncn1CCNC(=NCc1ccc(F)cc1)NC1CCOc2ccccc21. The normalized spacial score (nSPS) is 15.8. The molecule has 1 aliphatic rings. The van der Waals surface area contributed by atoms with Crippen LogP contribution >= 0.6 is 0 Å². The summed E-state index contributed by atoms with van der Waals surface area (Å²) < 4.78 is 21.0. The molecule has 1 atom stereocenters. The fourth-order valence-corrected chi connectivity index (χ4v) is 3.60. The fourth-order valence-electron chi connectivity index (χ4n) is 3.60. The molecule has 162 valence electrons. The summed E-state index contributed by atoms with van der Waals surface area (Å²) in [5, 5.41) is 15.1. The van der Waals surface area contributed by atoms with Crippen molar-refractivity contribution in [1.29, 1.82) is 0 Å². The predicted molar refractivity (Wildman–Crippen MR) is 117 cm³/mol. The van der Waals surface area contributed by atoms with Crippen molar-refractivity contribution in [3.63, 3.8) is 0 Å². The van der Waals surface area contributed by atoms with E-state index in [0.717, 1.165) is 42.1 Å². The first kappa shape index (κ1) is 20.8. The Morgan fingerprint density at radius 2 is 2.06 bits per heavy atom. The molecule has 2 heterocycles. The molecule has 0 aliphatic carbocycles. The van der Waals surface area contributed by atoms with Crippen LogP contribution in [-0.2, 0) is 19.5 Å². The minimum atomic E-state index is -0.247. The van der Waals surface area contributed by atoms with Gasteiger partial charge in [0.25, 0.3) is 0 Å². The Balaban J connectivity index is 1.46. The third-order valence-corrected chi connectivity index (χ3v) is 5.26. The van der Waals surface area contributed by atoms with Crippen LogP contribution in [0.15, 0.2) is 59.9 Å². The van der Waals surface area contributed by atoms with Gasteiger partial charge in [-0.3, -0.25) is 0 Å². The molecule has 4 rings (SSSR count). The molecule has 8 heteroatoms. The zero-order valence-corrected chi connectivity index (χ0v) is 17.6. The highest BCUT2D eigenvalue weighted by Gasteiger charge is 2.21. The van der Waals surface area contributed by atoms with E-state index in [-0.39, 0.29) is 11.9 Å². The van der Waals surface area contributed by atoms with Crippen LogP contribution in [0.1, 0.15) is 36.3 Å². The second-order valence-corrected chi connectivity index (χ2v) is 7.38. The van der Waals surface area contributed by atoms with Gasteiger partial charge in [0.15, 0.2) is 5.96 Å². The maximum atomic E-state index is 13.2. The summed E-state index contributed by atoms with van der Waals surface area (Å²) >= 11 is 0. The number of ether oxygens (including phenoxy) is 1. The van der Waals surface area contributed by atoms with Gasteiger partial charge in [0.2, 0.25) is 0 Å². The Hall–Kier alpha value is -3.42. The maximum Gasteiger partial charge on any atom is 0.192 e. The lowest BCUT2D eigenvalue weighted by Crippen LogP contribution is -2.42. The number of para-hydroxylation sites is 1. The molecule has 1 aliphatic heterocycles. The smallest absolute Gasteiger partial charge is 0.192 e. The summed E-state index contributed by atoms with van der Waals surface area (Å²) in [7, 11) is 0. The number of aromatic nitrogens is 3. The lowest BCUT2D eigenvalue weighted by atomic mass is 10.0. The number of rotatable bonds is 7. The van der Waals surface area contributed by atoms with E-state index in [0.29, 0.717) is 25.7 Å². The molecule has 7 nitrogen and oxygen atoms in total. The van der Waals surface area contributed by atoms with Crippen molar-refractivity contribution >= 4 is 5.96 Å². The van der Waals surface area contributed by atoms with Crippen LogP contribution in [0.25, 0.3) is 0 Å². The summed E-state index contributed by atoms with van der Waals surface area (Å²) in [5.41, 5.74) is 2.07. The molecule has 2 aromatic carbocycles. The van der Waals surface area contributed by atoms with Crippen molar-refractivity contribution < 1.29 is 9.13 Å². The minimum absolute atomic E-state index is 0.102. The third-order valence-electron chi connectivity index (χ3n) is 5.26. The average Bonchev–Trinajstić information content (AvgIpc) is 3.26. The molecule has 0 spiro atoms. The molecule has 0 radical (unpaired) electrons. The number of aliphatic imine (C=N–C) groups is 1. The van der Waals surface area contributed by atoms with Crippen molar-refractivity contribution in [2.75, 3.05) is 13.2 Å². The van der Waals surface area contributed by atoms with Crippen LogP contribution in [0.4, 0.5) is 4.39 Å². The van der Waals surface area contributed by atoms with Crippen LogP contribution in [0.3, 0.4) is 0 Å². The molecule has 2 N–H and O–H groups in total. The predicted octanol–water partition coefficient (Wildman–Crippen LogP) is 3.24. The Labute approximate surface area is 181 Å². The van der Waals surface area contributed by atoms with Gasteiger partial charge in [0, 0.05) is 31.5 Å². The number of fused-ring (bicyclic) bond motifs is 1. The van der Waals surface area contributed by atoms with E-state index in [2.05, 4.69) is 33.8 Å². The summed E-state index contributed by atoms with van der Waals surface area (Å²) in [6.45, 7) is 4.57. The Bertz CT molecular complexity index is 1020. The van der Waals surface area contributed by atoms with Crippen LogP contribution in [0.5, 0.6) is 5.75 Å². The monoisotopic (exact) mass is 422 g/mol. The quantitative estimate of drug-likeness (QED) is 0.452. The molecule has 0 saturated carbocycles. The van der Waals surface area contributed by atoms with Gasteiger partial charge in [-0.15, -0.1) is 10.2 Å². The Morgan fingerprint density at radius 1 is 1.23 bits per heavy atom. The van der Waals surface area contributed by atoms with Crippen LogP contribution < -0.4 is 15.4 Å². The van der Waals surface area contributed by atoms with Gasteiger partial charge in [0.05, 0.1) is 19.2 Å². The molecule has 0 saturated heterocycles. The number of aryl methyl sites for hydroxylation is 1. The van der Waals surface area contributed by atoms with Crippen molar-refractivity contribution in [3.05, 3.63) is 77.6 Å². The van der Waals surface area contributed by atoms with Gasteiger partial charge < -0.3 is 19.9 Å². The summed E-state index contributed by atoms with van der Waals surface area (Å²) in [4.78, 5) is 4.74. The van der Waals surface area contributed by atoms with Gasteiger partial charge in [-0.2, -0.15) is 0 Å². The maximum absolute atomic E-state index is 13.2. The molecule has 1 aromatic heterocycles. The number of nitrogens with zero attached hydrogens (tertiary/aromatic N) is 4. The molecule has 3 aromatic rings. The van der Waals surface area contributed by atoms with E-state index in [1.807, 2.05) is 22.8 Å². The Kier molecular flexibility index (Phi) is 6.76. The number of guanidine groups is 1. The highest BCUT2D eigenvalue weighted by atomic mass is 19.1. The van der Waals surface area contributed by atoms with Gasteiger partial charge >= 0.3 is 0 Å². The molecule has 0 fully saturated rings. The largest absolute Gasteiger partial charge is 0.493 e. The third kappa shape index (κ3) is 5.39. The van der Waals surface area contributed by atoms with E-state index in [4.69, 9.17) is 9.73 Å². The average molecular weight is 423 g/mol. The van der Waals surface area contributed by atoms with Crippen molar-refractivity contribution in [1.82, 2.24) is 25.4 Å². The number of benzene rings is 2. The first-order valence-electron chi connectivity index (χ1n) is 10.6. The zero-order valence-electron chi connectivity index (χ0n) is 17.6. The van der Waals surface area contributed by atoms with Gasteiger partial charge in [-0.1, -0.05) is 37.3 Å². The van der Waals surface area contributed by atoms with Gasteiger partial charge in [0.1, 0.15) is 23.7 Å². The van der Waals surface area contributed by atoms with Crippen molar-refractivity contribution in [2.24, 2.45) is 4.99 Å². The van der Waals surface area contributed by atoms with Crippen molar-refractivity contribution in [3.8, 4) is 5.75 Å². The van der Waals surface area contributed by atoms with E-state index in [1.165, 1.54) is 12.1 Å². The zero-order chi connectivity index (χ0) is 21.5. The van der Waals surface area contributed by atoms with Crippen LogP contribution in [0.2, 0.25) is 0 Å². The second-order valence-electron chi connectivity index (χ2n) is 7.38. The van der Waals surface area contributed by atoms with E-state index >= 15 is 0 Å².